The molecule has 90 valence electrons. The number of aliphatic hydroxyl groups excluding tert-OH is 2. The first-order valence-electron chi connectivity index (χ1n) is 6.07. The molecule has 0 heterocycles. The van der Waals surface area contributed by atoms with Gasteiger partial charge in [-0.15, -0.1) is 0 Å². The highest BCUT2D eigenvalue weighted by molar-refractivity contribution is 5.24. The number of rotatable bonds is 1. The van der Waals surface area contributed by atoms with Gasteiger partial charge in [-0.25, -0.2) is 0 Å². The van der Waals surface area contributed by atoms with Gasteiger partial charge in [0.05, 0.1) is 12.7 Å². The molecule has 1 fully saturated rings. The van der Waals surface area contributed by atoms with Crippen molar-refractivity contribution in [2.24, 2.45) is 0 Å². The minimum absolute atomic E-state index is 0.0359. The van der Waals surface area contributed by atoms with Crippen LogP contribution in [0.1, 0.15) is 43.2 Å². The van der Waals surface area contributed by atoms with Crippen LogP contribution in [0.25, 0.3) is 0 Å². The lowest BCUT2D eigenvalue weighted by atomic mass is 9.98. The number of aliphatic hydroxyl groups is 2. The number of hydrogen-bond donors (Lipinski definition) is 2. The third kappa shape index (κ3) is 4.77. The molecule has 1 aliphatic rings. The highest BCUT2D eigenvalue weighted by Crippen LogP contribution is 2.16. The van der Waals surface area contributed by atoms with Gasteiger partial charge in [-0.1, -0.05) is 43.5 Å². The van der Waals surface area contributed by atoms with Gasteiger partial charge in [0.1, 0.15) is 0 Å². The molecule has 0 aliphatic heterocycles. The summed E-state index contributed by atoms with van der Waals surface area (Å²) < 4.78 is 0. The largest absolute Gasteiger partial charge is 0.393 e. The summed E-state index contributed by atoms with van der Waals surface area (Å²) in [5, 5.41) is 17.6. The van der Waals surface area contributed by atoms with Gasteiger partial charge in [0.15, 0.2) is 0 Å². The smallest absolute Gasteiger partial charge is 0.0684 e. The maximum absolute atomic E-state index is 8.91. The van der Waals surface area contributed by atoms with E-state index in [1.54, 1.807) is 0 Å². The Morgan fingerprint density at radius 2 is 1.75 bits per heavy atom. The maximum atomic E-state index is 8.91. The summed E-state index contributed by atoms with van der Waals surface area (Å²) >= 11 is 0. The second-order valence-corrected chi connectivity index (χ2v) is 4.38. The van der Waals surface area contributed by atoms with E-state index in [0.717, 1.165) is 24.0 Å². The van der Waals surface area contributed by atoms with Crippen molar-refractivity contribution in [3.8, 4) is 0 Å². The van der Waals surface area contributed by atoms with Crippen molar-refractivity contribution in [1.29, 1.82) is 0 Å². The van der Waals surface area contributed by atoms with Crippen LogP contribution in [0.2, 0.25) is 0 Å². The lowest BCUT2D eigenvalue weighted by Crippen LogP contribution is -2.09. The molecule has 0 aromatic heterocycles. The average Bonchev–Trinajstić information content (AvgIpc) is 2.31. The summed E-state index contributed by atoms with van der Waals surface area (Å²) in [5.41, 5.74) is 2.16. The molecule has 2 N–H and O–H groups in total. The second-order valence-electron chi connectivity index (χ2n) is 4.38. The SMILES string of the molecule is Cc1ccccc1CO.OC1CCCCC1. The van der Waals surface area contributed by atoms with Crippen LogP contribution in [0.3, 0.4) is 0 Å². The third-order valence-corrected chi connectivity index (χ3v) is 3.01. The highest BCUT2D eigenvalue weighted by atomic mass is 16.3. The summed E-state index contributed by atoms with van der Waals surface area (Å²) in [6, 6.07) is 7.81. The number of benzene rings is 1. The molecule has 16 heavy (non-hydrogen) atoms. The summed E-state index contributed by atoms with van der Waals surface area (Å²) in [4.78, 5) is 0. The molecule has 1 aromatic carbocycles. The standard InChI is InChI=1S/C8H10O.C6H12O/c1-7-4-2-3-5-8(7)6-9;7-6-4-2-1-3-5-6/h2-5,9H,6H2,1H3;6-7H,1-5H2. The molecule has 1 saturated carbocycles. The van der Waals surface area contributed by atoms with Crippen molar-refractivity contribution >= 4 is 0 Å². The van der Waals surface area contributed by atoms with E-state index in [1.165, 1.54) is 19.3 Å². The lowest BCUT2D eigenvalue weighted by Gasteiger charge is -2.14. The molecule has 2 nitrogen and oxygen atoms in total. The van der Waals surface area contributed by atoms with E-state index in [0.29, 0.717) is 0 Å². The Bertz CT molecular complexity index is 291. The zero-order chi connectivity index (χ0) is 11.8. The predicted octanol–water partition coefficient (Wildman–Crippen LogP) is 2.80. The van der Waals surface area contributed by atoms with Crippen LogP contribution in [-0.2, 0) is 6.61 Å². The Balaban J connectivity index is 0.000000165. The maximum Gasteiger partial charge on any atom is 0.0684 e. The molecule has 2 rings (SSSR count). The van der Waals surface area contributed by atoms with E-state index < -0.39 is 0 Å². The molecule has 0 atom stereocenters. The molecule has 0 unspecified atom stereocenters. The molecule has 2 heteroatoms. The predicted molar refractivity (Wildman–Crippen MR) is 66.2 cm³/mol. The minimum atomic E-state index is 0.0359. The molecule has 1 aliphatic carbocycles. The van der Waals surface area contributed by atoms with Crippen molar-refractivity contribution in [2.75, 3.05) is 0 Å². The van der Waals surface area contributed by atoms with E-state index in [9.17, 15) is 0 Å². The van der Waals surface area contributed by atoms with Gasteiger partial charge in [0.2, 0.25) is 0 Å². The third-order valence-electron chi connectivity index (χ3n) is 3.01. The molecule has 0 amide bonds. The fourth-order valence-electron chi connectivity index (χ4n) is 1.87. The molecule has 1 aromatic rings. The van der Waals surface area contributed by atoms with Crippen molar-refractivity contribution in [2.45, 2.75) is 51.7 Å². The van der Waals surface area contributed by atoms with Crippen LogP contribution in [0, 0.1) is 6.92 Å². The van der Waals surface area contributed by atoms with E-state index >= 15 is 0 Å². The zero-order valence-corrected chi connectivity index (χ0v) is 10.0. The monoisotopic (exact) mass is 222 g/mol. The molecular weight excluding hydrogens is 200 g/mol. The van der Waals surface area contributed by atoms with Crippen molar-refractivity contribution in [1.82, 2.24) is 0 Å². The Morgan fingerprint density at radius 3 is 2.12 bits per heavy atom. The van der Waals surface area contributed by atoms with Crippen molar-refractivity contribution < 1.29 is 10.2 Å². The Kier molecular flexibility index (Phi) is 6.12. The molecular formula is C14H22O2. The summed E-state index contributed by atoms with van der Waals surface area (Å²) in [7, 11) is 0. The van der Waals surface area contributed by atoms with E-state index in [-0.39, 0.29) is 12.7 Å². The van der Waals surface area contributed by atoms with Gasteiger partial charge in [0.25, 0.3) is 0 Å². The Hall–Kier alpha value is -0.860. The fraction of sp³-hybridized carbons (Fsp3) is 0.571. The number of aryl methyl sites for hydroxylation is 1. The average molecular weight is 222 g/mol. The highest BCUT2D eigenvalue weighted by Gasteiger charge is 2.07. The van der Waals surface area contributed by atoms with Gasteiger partial charge in [-0.05, 0) is 30.9 Å². The van der Waals surface area contributed by atoms with Gasteiger partial charge >= 0.3 is 0 Å². The van der Waals surface area contributed by atoms with Crippen LogP contribution < -0.4 is 0 Å². The fourth-order valence-corrected chi connectivity index (χ4v) is 1.87. The van der Waals surface area contributed by atoms with Gasteiger partial charge in [-0.3, -0.25) is 0 Å². The van der Waals surface area contributed by atoms with Gasteiger partial charge in [-0.2, -0.15) is 0 Å². The molecule has 0 spiro atoms. The zero-order valence-electron chi connectivity index (χ0n) is 10.0. The Labute approximate surface area is 97.9 Å². The summed E-state index contributed by atoms with van der Waals surface area (Å²) in [5.74, 6) is 0. The second kappa shape index (κ2) is 7.42. The summed E-state index contributed by atoms with van der Waals surface area (Å²) in [6.07, 6.45) is 5.92. The van der Waals surface area contributed by atoms with E-state index in [1.807, 2.05) is 31.2 Å². The first-order valence-corrected chi connectivity index (χ1v) is 6.07. The van der Waals surface area contributed by atoms with Crippen molar-refractivity contribution in [3.63, 3.8) is 0 Å². The first kappa shape index (κ1) is 13.2. The topological polar surface area (TPSA) is 40.5 Å². The van der Waals surface area contributed by atoms with E-state index in [4.69, 9.17) is 10.2 Å². The number of hydrogen-bond acceptors (Lipinski definition) is 2. The van der Waals surface area contributed by atoms with Crippen molar-refractivity contribution in [3.05, 3.63) is 35.4 Å². The first-order chi connectivity index (χ1) is 7.74. The normalized spacial score (nSPS) is 16.4. The van der Waals surface area contributed by atoms with Gasteiger partial charge in [0, 0.05) is 0 Å². The van der Waals surface area contributed by atoms with Crippen LogP contribution >= 0.6 is 0 Å². The van der Waals surface area contributed by atoms with E-state index in [2.05, 4.69) is 0 Å². The lowest BCUT2D eigenvalue weighted by molar-refractivity contribution is 0.130. The van der Waals surface area contributed by atoms with Crippen LogP contribution in [0.5, 0.6) is 0 Å². The molecule has 0 bridgehead atoms. The van der Waals surface area contributed by atoms with Gasteiger partial charge < -0.3 is 10.2 Å². The van der Waals surface area contributed by atoms with Crippen LogP contribution in [0.15, 0.2) is 24.3 Å². The Morgan fingerprint density at radius 1 is 1.12 bits per heavy atom. The minimum Gasteiger partial charge on any atom is -0.393 e. The summed E-state index contributed by atoms with van der Waals surface area (Å²) in [6.45, 7) is 2.14. The quantitative estimate of drug-likeness (QED) is 0.767. The van der Waals surface area contributed by atoms with Crippen LogP contribution in [-0.4, -0.2) is 16.3 Å². The van der Waals surface area contributed by atoms with Crippen LogP contribution in [0.4, 0.5) is 0 Å². The molecule has 0 radical (unpaired) electrons. The molecule has 0 saturated heterocycles.